The predicted molar refractivity (Wildman–Crippen MR) is 77.0 cm³/mol. The van der Waals surface area contributed by atoms with Gasteiger partial charge in [-0.3, -0.25) is 4.79 Å². The Bertz CT molecular complexity index is 441. The molecule has 0 aromatic heterocycles. The molecular weight excluding hydrogens is 322 g/mol. The number of halogens is 2. The third-order valence-corrected chi connectivity index (χ3v) is 5.20. The molecule has 1 fully saturated rings. The van der Waals surface area contributed by atoms with E-state index in [1.807, 2.05) is 16.7 Å². The van der Waals surface area contributed by atoms with Crippen LogP contribution >= 0.6 is 39.3 Å². The quantitative estimate of drug-likeness (QED) is 0.781. The molecule has 1 atom stereocenters. The molecule has 1 aromatic carbocycles. The fourth-order valence-corrected chi connectivity index (χ4v) is 3.33. The van der Waals surface area contributed by atoms with Gasteiger partial charge in [0, 0.05) is 34.1 Å². The zero-order chi connectivity index (χ0) is 12.4. The van der Waals surface area contributed by atoms with Crippen LogP contribution < -0.4 is 0 Å². The summed E-state index contributed by atoms with van der Waals surface area (Å²) in [4.78, 5) is 14.3. The fraction of sp³-hybridized carbons (Fsp3) is 0.417. The number of carbonyl (C=O) groups is 1. The highest BCUT2D eigenvalue weighted by Gasteiger charge is 2.24. The monoisotopic (exact) mass is 333 g/mol. The second kappa shape index (κ2) is 5.63. The summed E-state index contributed by atoms with van der Waals surface area (Å²) in [6.07, 6.45) is 0. The standard InChI is InChI=1S/C12H13BrClNOS/c1-8-7-17-5-4-15(8)12(16)9-2-3-11(14)10(13)6-9/h2-3,6,8H,4-5,7H2,1H3. The molecule has 2 nitrogen and oxygen atoms in total. The molecule has 0 spiro atoms. The van der Waals surface area contributed by atoms with Gasteiger partial charge in [-0.2, -0.15) is 11.8 Å². The Morgan fingerprint density at radius 2 is 2.35 bits per heavy atom. The second-order valence-electron chi connectivity index (χ2n) is 4.05. The van der Waals surface area contributed by atoms with Gasteiger partial charge in [-0.25, -0.2) is 0 Å². The lowest BCUT2D eigenvalue weighted by molar-refractivity contribution is 0.0716. The molecule has 1 aromatic rings. The summed E-state index contributed by atoms with van der Waals surface area (Å²) in [5, 5.41) is 0.629. The van der Waals surface area contributed by atoms with Gasteiger partial charge >= 0.3 is 0 Å². The zero-order valence-corrected chi connectivity index (χ0v) is 12.6. The molecular formula is C12H13BrClNOS. The molecule has 0 bridgehead atoms. The lowest BCUT2D eigenvalue weighted by Crippen LogP contribution is -2.44. The van der Waals surface area contributed by atoms with Gasteiger partial charge in [-0.05, 0) is 41.1 Å². The molecule has 1 aliphatic heterocycles. The van der Waals surface area contributed by atoms with E-state index in [4.69, 9.17) is 11.6 Å². The van der Waals surface area contributed by atoms with Crippen molar-refractivity contribution in [2.24, 2.45) is 0 Å². The topological polar surface area (TPSA) is 20.3 Å². The van der Waals surface area contributed by atoms with Crippen LogP contribution in [0.15, 0.2) is 22.7 Å². The zero-order valence-electron chi connectivity index (χ0n) is 9.45. The summed E-state index contributed by atoms with van der Waals surface area (Å²) < 4.78 is 0.768. The van der Waals surface area contributed by atoms with Crippen LogP contribution in [0, 0.1) is 0 Å². The number of nitrogens with zero attached hydrogens (tertiary/aromatic N) is 1. The molecule has 1 amide bonds. The minimum atomic E-state index is 0.0927. The van der Waals surface area contributed by atoms with Crippen LogP contribution in [-0.4, -0.2) is 34.9 Å². The minimum absolute atomic E-state index is 0.0927. The Kier molecular flexibility index (Phi) is 4.39. The molecule has 0 aliphatic carbocycles. The molecule has 0 radical (unpaired) electrons. The Hall–Kier alpha value is -0.190. The highest BCUT2D eigenvalue weighted by atomic mass is 79.9. The van der Waals surface area contributed by atoms with Crippen LogP contribution in [0.3, 0.4) is 0 Å². The number of benzene rings is 1. The van der Waals surface area contributed by atoms with E-state index in [2.05, 4.69) is 22.9 Å². The van der Waals surface area contributed by atoms with Crippen molar-refractivity contribution in [3.63, 3.8) is 0 Å². The maximum Gasteiger partial charge on any atom is 0.254 e. The molecule has 17 heavy (non-hydrogen) atoms. The van der Waals surface area contributed by atoms with Crippen LogP contribution in [-0.2, 0) is 0 Å². The van der Waals surface area contributed by atoms with Crippen molar-refractivity contribution in [3.05, 3.63) is 33.3 Å². The molecule has 1 heterocycles. The van der Waals surface area contributed by atoms with Gasteiger partial charge in [-0.15, -0.1) is 0 Å². The Labute approximate surface area is 119 Å². The van der Waals surface area contributed by atoms with Gasteiger partial charge in [0.1, 0.15) is 0 Å². The lowest BCUT2D eigenvalue weighted by atomic mass is 10.1. The first-order valence-electron chi connectivity index (χ1n) is 5.43. The molecule has 2 rings (SSSR count). The molecule has 5 heteroatoms. The van der Waals surface area contributed by atoms with Gasteiger partial charge < -0.3 is 4.90 Å². The lowest BCUT2D eigenvalue weighted by Gasteiger charge is -2.33. The van der Waals surface area contributed by atoms with E-state index in [1.165, 1.54) is 0 Å². The molecule has 0 N–H and O–H groups in total. The number of carbonyl (C=O) groups excluding carboxylic acids is 1. The summed E-state index contributed by atoms with van der Waals surface area (Å²) in [5.41, 5.74) is 0.694. The Balaban J connectivity index is 2.21. The van der Waals surface area contributed by atoms with E-state index < -0.39 is 0 Å². The molecule has 1 saturated heterocycles. The van der Waals surface area contributed by atoms with E-state index in [1.54, 1.807) is 18.2 Å². The van der Waals surface area contributed by atoms with Crippen molar-refractivity contribution in [3.8, 4) is 0 Å². The average Bonchev–Trinajstić information content (AvgIpc) is 2.32. The van der Waals surface area contributed by atoms with Gasteiger partial charge in [0.15, 0.2) is 0 Å². The smallest absolute Gasteiger partial charge is 0.254 e. The fourth-order valence-electron chi connectivity index (χ4n) is 1.82. The van der Waals surface area contributed by atoms with E-state index in [0.717, 1.165) is 22.5 Å². The Morgan fingerprint density at radius 1 is 1.59 bits per heavy atom. The summed E-state index contributed by atoms with van der Waals surface area (Å²) in [6, 6.07) is 5.63. The first-order valence-corrected chi connectivity index (χ1v) is 7.76. The third kappa shape index (κ3) is 2.98. The molecule has 1 aliphatic rings. The SMILES string of the molecule is CC1CSCCN1C(=O)c1ccc(Cl)c(Br)c1. The highest BCUT2D eigenvalue weighted by Crippen LogP contribution is 2.25. The summed E-state index contributed by atoms with van der Waals surface area (Å²) in [6.45, 7) is 2.92. The van der Waals surface area contributed by atoms with Crippen molar-refractivity contribution in [2.45, 2.75) is 13.0 Å². The van der Waals surface area contributed by atoms with Gasteiger partial charge in [0.25, 0.3) is 5.91 Å². The van der Waals surface area contributed by atoms with Crippen LogP contribution in [0.1, 0.15) is 17.3 Å². The first kappa shape index (κ1) is 13.2. The summed E-state index contributed by atoms with van der Waals surface area (Å²) in [5.74, 6) is 2.13. The van der Waals surface area contributed by atoms with Gasteiger partial charge in [-0.1, -0.05) is 11.6 Å². The highest BCUT2D eigenvalue weighted by molar-refractivity contribution is 9.10. The number of hydrogen-bond donors (Lipinski definition) is 0. The van der Waals surface area contributed by atoms with E-state index >= 15 is 0 Å². The first-order chi connectivity index (χ1) is 8.09. The molecule has 1 unspecified atom stereocenters. The van der Waals surface area contributed by atoms with Gasteiger partial charge in [0.05, 0.1) is 5.02 Å². The van der Waals surface area contributed by atoms with Gasteiger partial charge in [0.2, 0.25) is 0 Å². The van der Waals surface area contributed by atoms with E-state index in [9.17, 15) is 4.79 Å². The largest absolute Gasteiger partial charge is 0.334 e. The van der Waals surface area contributed by atoms with Crippen molar-refractivity contribution in [2.75, 3.05) is 18.1 Å². The Morgan fingerprint density at radius 3 is 3.00 bits per heavy atom. The number of rotatable bonds is 1. The molecule has 0 saturated carbocycles. The van der Waals surface area contributed by atoms with Crippen molar-refractivity contribution in [1.82, 2.24) is 4.90 Å². The number of thioether (sulfide) groups is 1. The summed E-state index contributed by atoms with van der Waals surface area (Å²) in [7, 11) is 0. The van der Waals surface area contributed by atoms with Crippen molar-refractivity contribution >= 4 is 45.2 Å². The number of hydrogen-bond acceptors (Lipinski definition) is 2. The van der Waals surface area contributed by atoms with Crippen LogP contribution in [0.5, 0.6) is 0 Å². The van der Waals surface area contributed by atoms with Crippen LogP contribution in [0.25, 0.3) is 0 Å². The predicted octanol–water partition coefficient (Wildman–Crippen LogP) is 3.68. The van der Waals surface area contributed by atoms with Crippen LogP contribution in [0.4, 0.5) is 0 Å². The van der Waals surface area contributed by atoms with Crippen molar-refractivity contribution < 1.29 is 4.79 Å². The number of amides is 1. The second-order valence-corrected chi connectivity index (χ2v) is 6.46. The van der Waals surface area contributed by atoms with E-state index in [-0.39, 0.29) is 5.91 Å². The minimum Gasteiger partial charge on any atom is -0.334 e. The third-order valence-electron chi connectivity index (χ3n) is 2.80. The van der Waals surface area contributed by atoms with E-state index in [0.29, 0.717) is 16.6 Å². The summed E-state index contributed by atoms with van der Waals surface area (Å²) >= 11 is 11.2. The van der Waals surface area contributed by atoms with Crippen LogP contribution in [0.2, 0.25) is 5.02 Å². The maximum absolute atomic E-state index is 12.3. The average molecular weight is 335 g/mol. The maximum atomic E-state index is 12.3. The molecule has 92 valence electrons. The normalized spacial score (nSPS) is 20.4. The van der Waals surface area contributed by atoms with Crippen molar-refractivity contribution in [1.29, 1.82) is 0 Å².